The average molecular weight is 512 g/mol. The molecule has 0 spiro atoms. The molecule has 2 aromatic carbocycles. The van der Waals surface area contributed by atoms with E-state index in [0.29, 0.717) is 35.5 Å². The molecule has 0 fully saturated rings. The van der Waals surface area contributed by atoms with Crippen LogP contribution >= 0.6 is 15.9 Å². The van der Waals surface area contributed by atoms with Crippen molar-refractivity contribution in [2.75, 3.05) is 11.1 Å². The van der Waals surface area contributed by atoms with E-state index in [9.17, 15) is 15.0 Å². The van der Waals surface area contributed by atoms with Crippen molar-refractivity contribution < 1.29 is 15.0 Å². The molecule has 4 rings (SSSR count). The Bertz CT molecular complexity index is 1340. The van der Waals surface area contributed by atoms with Gasteiger partial charge in [0.1, 0.15) is 11.3 Å². The zero-order valence-electron chi connectivity index (χ0n) is 18.3. The summed E-state index contributed by atoms with van der Waals surface area (Å²) in [5.74, 6) is 0.785. The third-order valence-electron chi connectivity index (χ3n) is 5.64. The van der Waals surface area contributed by atoms with Gasteiger partial charge in [-0.25, -0.2) is 9.97 Å². The maximum atomic E-state index is 11.6. The number of rotatable bonds is 8. The topological polar surface area (TPSA) is 126 Å². The molecule has 5 N–H and O–H groups in total. The van der Waals surface area contributed by atoms with Gasteiger partial charge in [0, 0.05) is 23.9 Å². The van der Waals surface area contributed by atoms with Crippen LogP contribution in [0.4, 0.5) is 5.82 Å². The molecule has 2 aromatic heterocycles. The van der Waals surface area contributed by atoms with Crippen molar-refractivity contribution in [3.8, 4) is 11.5 Å². The van der Waals surface area contributed by atoms with Crippen LogP contribution < -0.4 is 11.1 Å². The lowest BCUT2D eigenvalue weighted by Crippen LogP contribution is -2.23. The molecule has 8 nitrogen and oxygen atoms in total. The van der Waals surface area contributed by atoms with Gasteiger partial charge in [0.15, 0.2) is 17.3 Å². The lowest BCUT2D eigenvalue weighted by atomic mass is 10.1. The number of alkyl halides is 1. The summed E-state index contributed by atoms with van der Waals surface area (Å²) in [5, 5.41) is 24.3. The molecule has 0 unspecified atom stereocenters. The third-order valence-corrected chi connectivity index (χ3v) is 6.15. The first kappa shape index (κ1) is 22.8. The molecule has 9 heteroatoms. The van der Waals surface area contributed by atoms with Crippen LogP contribution in [0.2, 0.25) is 0 Å². The van der Waals surface area contributed by atoms with Crippen molar-refractivity contribution in [1.29, 1.82) is 0 Å². The standard InChI is InChI=1S/C24H26BrN5O3/c1-2-3-7-19-29-21-22(30(19)13-15-5-4-6-18(31)23(15)33)16-9-8-14(12-27-20(32)11-25)10-17(16)28-24(21)26/h4-6,8-10,31,33H,2-3,7,11-13H2,1H3,(H2,26,28)(H,27,32). The number of aromatic nitrogens is 3. The second kappa shape index (κ2) is 9.66. The number of fused-ring (bicyclic) bond motifs is 3. The molecule has 0 radical (unpaired) electrons. The number of carbonyl (C=O) groups is 1. The van der Waals surface area contributed by atoms with Crippen LogP contribution in [0.15, 0.2) is 36.4 Å². The third kappa shape index (κ3) is 4.59. The zero-order chi connectivity index (χ0) is 23.5. The Balaban J connectivity index is 1.87. The number of halogens is 1. The van der Waals surface area contributed by atoms with Gasteiger partial charge in [-0.3, -0.25) is 4.79 Å². The molecule has 1 amide bonds. The van der Waals surface area contributed by atoms with Crippen LogP contribution in [0, 0.1) is 0 Å². The molecular formula is C24H26BrN5O3. The van der Waals surface area contributed by atoms with Gasteiger partial charge >= 0.3 is 0 Å². The minimum Gasteiger partial charge on any atom is -0.504 e. The maximum Gasteiger partial charge on any atom is 0.230 e. The van der Waals surface area contributed by atoms with Crippen LogP contribution in [0.1, 0.15) is 36.7 Å². The molecule has 0 aliphatic heterocycles. The zero-order valence-corrected chi connectivity index (χ0v) is 19.9. The van der Waals surface area contributed by atoms with Crippen LogP contribution in [0.25, 0.3) is 21.9 Å². The van der Waals surface area contributed by atoms with Crippen LogP contribution in [0.3, 0.4) is 0 Å². The number of phenolic OH excluding ortho intramolecular Hbond substituents is 2. The summed E-state index contributed by atoms with van der Waals surface area (Å²) in [6.07, 6.45) is 2.72. The van der Waals surface area contributed by atoms with E-state index in [1.165, 1.54) is 6.07 Å². The lowest BCUT2D eigenvalue weighted by Gasteiger charge is -2.13. The number of unbranched alkanes of at least 4 members (excludes halogenated alkanes) is 1. The van der Waals surface area contributed by atoms with Crippen molar-refractivity contribution in [3.63, 3.8) is 0 Å². The lowest BCUT2D eigenvalue weighted by molar-refractivity contribution is -0.118. The molecule has 2 heterocycles. The van der Waals surface area contributed by atoms with E-state index in [0.717, 1.165) is 41.6 Å². The van der Waals surface area contributed by atoms with Crippen LogP contribution in [-0.4, -0.2) is 36.0 Å². The number of benzene rings is 2. The number of nitrogens with one attached hydrogen (secondary N) is 1. The SMILES string of the molecule is CCCCc1nc2c(N)nc3cc(CNC(=O)CBr)ccc3c2n1Cc1cccc(O)c1O. The Morgan fingerprint density at radius 2 is 2.03 bits per heavy atom. The molecule has 0 aliphatic rings. The van der Waals surface area contributed by atoms with E-state index in [1.807, 2.05) is 22.8 Å². The predicted octanol–water partition coefficient (Wildman–Crippen LogP) is 3.98. The number of carbonyl (C=O) groups excluding carboxylic acids is 1. The van der Waals surface area contributed by atoms with E-state index in [4.69, 9.17) is 10.7 Å². The fourth-order valence-electron chi connectivity index (χ4n) is 3.93. The van der Waals surface area contributed by atoms with E-state index in [1.54, 1.807) is 12.1 Å². The second-order valence-corrected chi connectivity index (χ2v) is 8.52. The number of hydrogen-bond acceptors (Lipinski definition) is 6. The highest BCUT2D eigenvalue weighted by Gasteiger charge is 2.19. The number of aromatic hydroxyl groups is 2. The molecule has 0 saturated heterocycles. The molecule has 0 atom stereocenters. The van der Waals surface area contributed by atoms with Crippen molar-refractivity contribution in [1.82, 2.24) is 19.9 Å². The summed E-state index contributed by atoms with van der Waals surface area (Å²) in [7, 11) is 0. The summed E-state index contributed by atoms with van der Waals surface area (Å²) in [4.78, 5) is 21.0. The largest absolute Gasteiger partial charge is 0.504 e. The van der Waals surface area contributed by atoms with Gasteiger partial charge in [0.2, 0.25) is 5.91 Å². The Morgan fingerprint density at radius 3 is 2.79 bits per heavy atom. The van der Waals surface area contributed by atoms with Crippen molar-refractivity contribution in [3.05, 3.63) is 53.3 Å². The summed E-state index contributed by atoms with van der Waals surface area (Å²) in [6, 6.07) is 10.8. The van der Waals surface area contributed by atoms with E-state index in [2.05, 4.69) is 33.2 Å². The molecule has 172 valence electrons. The van der Waals surface area contributed by atoms with E-state index in [-0.39, 0.29) is 22.7 Å². The fourth-order valence-corrected chi connectivity index (χ4v) is 4.13. The number of para-hydroxylation sites is 1. The summed E-state index contributed by atoms with van der Waals surface area (Å²) in [6.45, 7) is 2.84. The van der Waals surface area contributed by atoms with Crippen LogP contribution in [-0.2, 0) is 24.3 Å². The van der Waals surface area contributed by atoms with Gasteiger partial charge in [0.05, 0.1) is 22.9 Å². The fraction of sp³-hybridized carbons (Fsp3) is 0.292. The quantitative estimate of drug-likeness (QED) is 0.209. The molecule has 0 saturated carbocycles. The first-order valence-corrected chi connectivity index (χ1v) is 11.9. The van der Waals surface area contributed by atoms with Crippen molar-refractivity contribution in [2.24, 2.45) is 0 Å². The number of phenols is 2. The van der Waals surface area contributed by atoms with E-state index < -0.39 is 0 Å². The Labute approximate surface area is 199 Å². The molecule has 4 aromatic rings. The molecule has 0 bridgehead atoms. The number of nitrogen functional groups attached to an aromatic ring is 1. The number of imidazole rings is 1. The molecular weight excluding hydrogens is 486 g/mol. The first-order valence-electron chi connectivity index (χ1n) is 10.8. The van der Waals surface area contributed by atoms with Crippen molar-refractivity contribution in [2.45, 2.75) is 39.3 Å². The van der Waals surface area contributed by atoms with Gasteiger partial charge in [-0.05, 0) is 24.1 Å². The minimum atomic E-state index is -0.159. The number of aryl methyl sites for hydroxylation is 1. The number of nitrogens with zero attached hydrogens (tertiary/aromatic N) is 3. The maximum absolute atomic E-state index is 11.6. The summed E-state index contributed by atoms with van der Waals surface area (Å²) >= 11 is 3.15. The first-order chi connectivity index (χ1) is 15.9. The van der Waals surface area contributed by atoms with Gasteiger partial charge in [-0.15, -0.1) is 0 Å². The van der Waals surface area contributed by atoms with Crippen LogP contribution in [0.5, 0.6) is 11.5 Å². The second-order valence-electron chi connectivity index (χ2n) is 7.96. The van der Waals surface area contributed by atoms with Gasteiger partial charge in [-0.2, -0.15) is 0 Å². The summed E-state index contributed by atoms with van der Waals surface area (Å²) < 4.78 is 2.05. The normalized spacial score (nSPS) is 11.3. The van der Waals surface area contributed by atoms with E-state index >= 15 is 0 Å². The number of hydrogen-bond donors (Lipinski definition) is 4. The number of nitrogens with two attached hydrogens (primary N) is 1. The monoisotopic (exact) mass is 511 g/mol. The minimum absolute atomic E-state index is 0.0948. The molecule has 33 heavy (non-hydrogen) atoms. The highest BCUT2D eigenvalue weighted by atomic mass is 79.9. The highest BCUT2D eigenvalue weighted by Crippen LogP contribution is 2.33. The predicted molar refractivity (Wildman–Crippen MR) is 133 cm³/mol. The Hall–Kier alpha value is -3.33. The number of pyridine rings is 1. The summed E-state index contributed by atoms with van der Waals surface area (Å²) in [5.41, 5.74) is 9.98. The number of amides is 1. The van der Waals surface area contributed by atoms with Gasteiger partial charge in [-0.1, -0.05) is 53.5 Å². The van der Waals surface area contributed by atoms with Crippen molar-refractivity contribution >= 4 is 49.6 Å². The Kier molecular flexibility index (Phi) is 6.69. The molecule has 0 aliphatic carbocycles. The average Bonchev–Trinajstić information content (AvgIpc) is 3.17. The Morgan fingerprint density at radius 1 is 1.21 bits per heavy atom. The highest BCUT2D eigenvalue weighted by molar-refractivity contribution is 9.09. The number of anilines is 1. The van der Waals surface area contributed by atoms with Gasteiger partial charge in [0.25, 0.3) is 0 Å². The smallest absolute Gasteiger partial charge is 0.230 e. The van der Waals surface area contributed by atoms with Gasteiger partial charge < -0.3 is 25.8 Å².